The molecule has 4 nitrogen and oxygen atoms in total. The van der Waals surface area contributed by atoms with E-state index in [9.17, 15) is 0 Å². The largest absolute Gasteiger partial charge is 0.380 e. The lowest BCUT2D eigenvalue weighted by atomic mass is 9.60. The van der Waals surface area contributed by atoms with Crippen LogP contribution >= 0.6 is 0 Å². The molecule has 0 amide bonds. The van der Waals surface area contributed by atoms with Gasteiger partial charge in [-0.25, -0.2) is 0 Å². The van der Waals surface area contributed by atoms with Crippen molar-refractivity contribution in [2.75, 3.05) is 33.0 Å². The minimum atomic E-state index is 0.174. The zero-order valence-corrected chi connectivity index (χ0v) is 18.5. The predicted octanol–water partition coefficient (Wildman–Crippen LogP) is 5.13. The van der Waals surface area contributed by atoms with Crippen molar-refractivity contribution in [1.82, 2.24) is 0 Å². The first-order valence-corrected chi connectivity index (χ1v) is 12.0. The van der Waals surface area contributed by atoms with Crippen LogP contribution in [0.15, 0.2) is 0 Å². The van der Waals surface area contributed by atoms with Crippen molar-refractivity contribution >= 4 is 0 Å². The molecule has 1 saturated carbocycles. The Morgan fingerprint density at radius 2 is 1.29 bits per heavy atom. The molecule has 0 aromatic carbocycles. The van der Waals surface area contributed by atoms with E-state index in [2.05, 4.69) is 20.8 Å². The monoisotopic (exact) mass is 394 g/mol. The third kappa shape index (κ3) is 3.79. The fourth-order valence-electron chi connectivity index (χ4n) is 5.86. The number of ether oxygens (including phenoxy) is 4. The van der Waals surface area contributed by atoms with Gasteiger partial charge in [0.25, 0.3) is 0 Å². The van der Waals surface area contributed by atoms with Gasteiger partial charge in [-0.1, -0.05) is 40.0 Å². The zero-order chi connectivity index (χ0) is 19.7. The molecule has 4 aliphatic rings. The third-order valence-corrected chi connectivity index (χ3v) is 8.78. The van der Waals surface area contributed by atoms with Crippen LogP contribution in [0.3, 0.4) is 0 Å². The van der Waals surface area contributed by atoms with Crippen LogP contribution in [0, 0.1) is 16.2 Å². The van der Waals surface area contributed by atoms with Gasteiger partial charge in [-0.3, -0.25) is 0 Å². The number of rotatable bonds is 10. The van der Waals surface area contributed by atoms with E-state index in [-0.39, 0.29) is 5.41 Å². The molecule has 0 radical (unpaired) electrons. The topological polar surface area (TPSA) is 36.9 Å². The Labute approximate surface area is 172 Å². The van der Waals surface area contributed by atoms with Gasteiger partial charge in [-0.2, -0.15) is 0 Å². The summed E-state index contributed by atoms with van der Waals surface area (Å²) in [4.78, 5) is 0. The van der Waals surface area contributed by atoms with E-state index in [0.29, 0.717) is 29.1 Å². The van der Waals surface area contributed by atoms with Gasteiger partial charge < -0.3 is 18.9 Å². The molecular formula is C24H42O4. The molecule has 4 heteroatoms. The van der Waals surface area contributed by atoms with Crippen LogP contribution in [0.5, 0.6) is 0 Å². The summed E-state index contributed by atoms with van der Waals surface area (Å²) in [7, 11) is 0. The van der Waals surface area contributed by atoms with Crippen LogP contribution in [0.1, 0.15) is 85.0 Å². The normalized spacial score (nSPS) is 37.0. The van der Waals surface area contributed by atoms with E-state index in [1.165, 1.54) is 44.9 Å². The van der Waals surface area contributed by atoms with E-state index >= 15 is 0 Å². The lowest BCUT2D eigenvalue weighted by molar-refractivity contribution is -0.310. The Balaban J connectivity index is 1.45. The van der Waals surface area contributed by atoms with Crippen molar-refractivity contribution in [1.29, 1.82) is 0 Å². The fourth-order valence-corrected chi connectivity index (χ4v) is 5.86. The van der Waals surface area contributed by atoms with Crippen LogP contribution in [0.25, 0.3) is 0 Å². The van der Waals surface area contributed by atoms with Crippen molar-refractivity contribution in [3.05, 3.63) is 0 Å². The Hall–Kier alpha value is -0.160. The highest BCUT2D eigenvalue weighted by molar-refractivity contribution is 5.07. The van der Waals surface area contributed by atoms with Crippen molar-refractivity contribution in [3.8, 4) is 0 Å². The van der Waals surface area contributed by atoms with Gasteiger partial charge >= 0.3 is 0 Å². The van der Waals surface area contributed by atoms with Crippen LogP contribution in [0.4, 0.5) is 0 Å². The van der Waals surface area contributed by atoms with Gasteiger partial charge in [0, 0.05) is 16.2 Å². The van der Waals surface area contributed by atoms with E-state index in [0.717, 1.165) is 52.3 Å². The van der Waals surface area contributed by atoms with Crippen molar-refractivity contribution in [2.24, 2.45) is 16.2 Å². The van der Waals surface area contributed by atoms with Crippen molar-refractivity contribution < 1.29 is 18.9 Å². The van der Waals surface area contributed by atoms with Crippen molar-refractivity contribution in [2.45, 2.75) is 103 Å². The Kier molecular flexibility index (Phi) is 6.42. The standard InChI is InChI=1S/C24H42O4/c1-4-22(14-25-15-22)12-20-24(6-3,18-27-19-10-8-7-9-11-19)21(28-20)13-23(5-2)16-26-17-23/h19-21H,4-18H2,1-3H3. The molecule has 1 aliphatic carbocycles. The summed E-state index contributed by atoms with van der Waals surface area (Å²) in [6.07, 6.45) is 13.5. The van der Waals surface area contributed by atoms with Gasteiger partial charge in [0.2, 0.25) is 0 Å². The van der Waals surface area contributed by atoms with Gasteiger partial charge in [0.1, 0.15) is 0 Å². The Bertz CT molecular complexity index is 464. The van der Waals surface area contributed by atoms with Gasteiger partial charge in [0.05, 0.1) is 51.3 Å². The fraction of sp³-hybridized carbons (Fsp3) is 1.00. The maximum absolute atomic E-state index is 6.66. The maximum Gasteiger partial charge on any atom is 0.0689 e. The smallest absolute Gasteiger partial charge is 0.0689 e. The first-order chi connectivity index (χ1) is 13.6. The molecule has 162 valence electrons. The summed E-state index contributed by atoms with van der Waals surface area (Å²) < 4.78 is 24.5. The minimum Gasteiger partial charge on any atom is -0.380 e. The first kappa shape index (κ1) is 21.1. The molecule has 3 saturated heterocycles. The van der Waals surface area contributed by atoms with Crippen LogP contribution in [-0.2, 0) is 18.9 Å². The molecule has 0 N–H and O–H groups in total. The van der Waals surface area contributed by atoms with E-state index in [1.807, 2.05) is 0 Å². The molecule has 28 heavy (non-hydrogen) atoms. The molecule has 2 unspecified atom stereocenters. The van der Waals surface area contributed by atoms with Gasteiger partial charge in [-0.15, -0.1) is 0 Å². The van der Waals surface area contributed by atoms with Crippen LogP contribution in [0.2, 0.25) is 0 Å². The predicted molar refractivity (Wildman–Crippen MR) is 111 cm³/mol. The highest BCUT2D eigenvalue weighted by atomic mass is 16.5. The summed E-state index contributed by atoms with van der Waals surface area (Å²) >= 11 is 0. The second kappa shape index (κ2) is 8.53. The van der Waals surface area contributed by atoms with Gasteiger partial charge in [0.15, 0.2) is 0 Å². The second-order valence-electron chi connectivity index (χ2n) is 10.4. The maximum atomic E-state index is 6.66. The second-order valence-corrected chi connectivity index (χ2v) is 10.4. The number of hydrogen-bond donors (Lipinski definition) is 0. The highest BCUT2D eigenvalue weighted by Gasteiger charge is 2.60. The summed E-state index contributed by atoms with van der Waals surface area (Å²) in [6, 6.07) is 0. The van der Waals surface area contributed by atoms with Crippen molar-refractivity contribution in [3.63, 3.8) is 0 Å². The molecule has 4 rings (SSSR count). The summed E-state index contributed by atoms with van der Waals surface area (Å²) in [5.41, 5.74) is 0.846. The summed E-state index contributed by atoms with van der Waals surface area (Å²) in [5.74, 6) is 0. The zero-order valence-electron chi connectivity index (χ0n) is 18.5. The molecule has 3 aliphatic heterocycles. The molecule has 0 aromatic heterocycles. The first-order valence-electron chi connectivity index (χ1n) is 12.0. The van der Waals surface area contributed by atoms with Gasteiger partial charge in [-0.05, 0) is 44.9 Å². The summed E-state index contributed by atoms with van der Waals surface area (Å²) in [6.45, 7) is 11.5. The van der Waals surface area contributed by atoms with E-state index in [1.54, 1.807) is 0 Å². The van der Waals surface area contributed by atoms with E-state index < -0.39 is 0 Å². The molecular weight excluding hydrogens is 352 g/mol. The Morgan fingerprint density at radius 1 is 0.750 bits per heavy atom. The SMILES string of the molecule is CCC1(CC2OC(CC3(CC)COC3)C2(CC)COC2CCCCC2)COC1. The molecule has 3 heterocycles. The number of hydrogen-bond acceptors (Lipinski definition) is 4. The third-order valence-electron chi connectivity index (χ3n) is 8.78. The molecule has 0 aromatic rings. The molecule has 2 atom stereocenters. The molecule has 0 spiro atoms. The minimum absolute atomic E-state index is 0.174. The van der Waals surface area contributed by atoms with Crippen LogP contribution in [-0.4, -0.2) is 51.3 Å². The lowest BCUT2D eigenvalue weighted by Crippen LogP contribution is -2.66. The molecule has 4 fully saturated rings. The lowest BCUT2D eigenvalue weighted by Gasteiger charge is -2.61. The molecule has 0 bridgehead atoms. The summed E-state index contributed by atoms with van der Waals surface area (Å²) in [5, 5.41) is 0. The quantitative estimate of drug-likeness (QED) is 0.514. The average molecular weight is 395 g/mol. The highest BCUT2D eigenvalue weighted by Crippen LogP contribution is 2.55. The Morgan fingerprint density at radius 3 is 1.68 bits per heavy atom. The van der Waals surface area contributed by atoms with E-state index in [4.69, 9.17) is 18.9 Å². The van der Waals surface area contributed by atoms with Crippen LogP contribution < -0.4 is 0 Å². The average Bonchev–Trinajstić information content (AvgIpc) is 2.66.